The molecule has 0 bridgehead atoms. The fourth-order valence-electron chi connectivity index (χ4n) is 0.0913. The molecule has 0 fully saturated rings. The Labute approximate surface area is 76.5 Å². The van der Waals surface area contributed by atoms with Gasteiger partial charge in [0.1, 0.15) is 0 Å². The Hall–Kier alpha value is 1.05. The maximum absolute atomic E-state index is 10.7. The van der Waals surface area contributed by atoms with Gasteiger partial charge in [0.05, 0.1) is 0 Å². The van der Waals surface area contributed by atoms with Crippen LogP contribution in [0.2, 0.25) is 0 Å². The number of hydrogen-bond acceptors (Lipinski definition) is 2. The molecule has 0 saturated heterocycles. The summed E-state index contributed by atoms with van der Waals surface area (Å²) in [6.07, 6.45) is 1.60. The third-order valence-corrected chi connectivity index (χ3v) is 2.29. The quantitative estimate of drug-likeness (QED) is 0.580. The molecule has 1 atom stereocenters. The molecule has 0 rings (SSSR count). The topological polar surface area (TPSA) is 29.4 Å². The average Bonchev–Trinajstić information content (AvgIpc) is 1.68. The van der Waals surface area contributed by atoms with E-state index < -0.39 is 9.73 Å². The molecule has 8 heavy (non-hydrogen) atoms. The summed E-state index contributed by atoms with van der Waals surface area (Å²) < 4.78 is 14.3. The Balaban J connectivity index is 0. The van der Waals surface area contributed by atoms with E-state index in [0.717, 1.165) is 0 Å². The third-order valence-electron chi connectivity index (χ3n) is 0.765. The van der Waals surface area contributed by atoms with Crippen molar-refractivity contribution >= 4 is 9.73 Å². The van der Waals surface area contributed by atoms with Gasteiger partial charge < -0.3 is 6.92 Å². The molecule has 0 amide bonds. The van der Waals surface area contributed by atoms with Gasteiger partial charge in [0.15, 0.2) is 0 Å². The van der Waals surface area contributed by atoms with Crippen molar-refractivity contribution in [2.45, 2.75) is 0 Å². The second-order valence-corrected chi connectivity index (χ2v) is 4.04. The van der Waals surface area contributed by atoms with Gasteiger partial charge in [-0.3, -0.25) is 4.21 Å². The Morgan fingerprint density at radius 1 is 1.75 bits per heavy atom. The molecule has 0 aromatic rings. The first kappa shape index (κ1) is 11.8. The van der Waals surface area contributed by atoms with Crippen molar-refractivity contribution < 1.29 is 36.9 Å². The molecule has 0 aromatic heterocycles. The zero-order valence-electron chi connectivity index (χ0n) is 5.26. The summed E-state index contributed by atoms with van der Waals surface area (Å²) in [5, 5.41) is 0. The van der Waals surface area contributed by atoms with Crippen LogP contribution in [0.15, 0.2) is 4.36 Å². The van der Waals surface area contributed by atoms with E-state index in [9.17, 15) is 4.21 Å². The number of hydrogen-bond donors (Lipinski definition) is 0. The first-order chi connectivity index (χ1) is 3.12. The fraction of sp³-hybridized carbons (Fsp3) is 0.750. The van der Waals surface area contributed by atoms with Crippen LogP contribution in [0.3, 0.4) is 0 Å². The van der Waals surface area contributed by atoms with Gasteiger partial charge >= 0.3 is 0 Å². The average molecular weight is 209 g/mol. The number of nitrogens with zero attached hydrogens (tertiary/aromatic N) is 1. The van der Waals surface area contributed by atoms with Crippen LogP contribution in [0.5, 0.6) is 0 Å². The van der Waals surface area contributed by atoms with Crippen LogP contribution < -0.4 is 0 Å². The maximum atomic E-state index is 10.7. The van der Waals surface area contributed by atoms with E-state index in [-0.39, 0.29) is 32.7 Å². The van der Waals surface area contributed by atoms with Crippen molar-refractivity contribution in [1.82, 2.24) is 0 Å². The molecule has 0 aliphatic carbocycles. The van der Waals surface area contributed by atoms with E-state index in [1.54, 1.807) is 13.3 Å². The molecule has 0 N–H and O–H groups in total. The summed E-state index contributed by atoms with van der Waals surface area (Å²) in [5.74, 6) is 0.406. The summed E-state index contributed by atoms with van der Waals surface area (Å²) in [5.41, 5.74) is 0. The minimum absolute atomic E-state index is 0. The van der Waals surface area contributed by atoms with Crippen molar-refractivity contribution in [2.24, 2.45) is 4.36 Å². The van der Waals surface area contributed by atoms with Crippen LogP contribution in [-0.2, 0) is 42.4 Å². The molecule has 47 valence electrons. The Morgan fingerprint density at radius 3 is 2.12 bits per heavy atom. The van der Waals surface area contributed by atoms with Crippen molar-refractivity contribution in [3.05, 3.63) is 6.92 Å². The minimum atomic E-state index is -1.89. The molecule has 0 spiro atoms. The van der Waals surface area contributed by atoms with Gasteiger partial charge in [-0.1, -0.05) is 5.75 Å². The summed E-state index contributed by atoms with van der Waals surface area (Å²) in [4.78, 5) is 0. The van der Waals surface area contributed by atoms with Gasteiger partial charge in [0, 0.05) is 55.7 Å². The third kappa shape index (κ3) is 5.20. The molecule has 4 heteroatoms. The molecule has 1 unspecified atom stereocenters. The molecule has 0 saturated carbocycles. The van der Waals surface area contributed by atoms with Crippen molar-refractivity contribution in [3.8, 4) is 0 Å². The molecule has 0 heterocycles. The smallest absolute Gasteiger partial charge is 0.0371 e. The first-order valence-corrected chi connectivity index (χ1v) is 4.09. The second kappa shape index (κ2) is 4.89. The zero-order valence-corrected chi connectivity index (χ0v) is 8.91. The normalized spacial score (nSPS) is 15.9. The van der Waals surface area contributed by atoms with E-state index in [1.165, 1.54) is 0 Å². The van der Waals surface area contributed by atoms with Gasteiger partial charge in [0.25, 0.3) is 0 Å². The van der Waals surface area contributed by atoms with Gasteiger partial charge in [-0.05, 0) is 0 Å². The molecule has 2 nitrogen and oxygen atoms in total. The summed E-state index contributed by atoms with van der Waals surface area (Å²) in [7, 11) is -0.344. The fourth-order valence-corrected chi connectivity index (χ4v) is 0.274. The maximum Gasteiger partial charge on any atom is 0.0371 e. The number of rotatable bonds is 1. The van der Waals surface area contributed by atoms with Gasteiger partial charge in [0.2, 0.25) is 0 Å². The van der Waals surface area contributed by atoms with Crippen LogP contribution in [0.1, 0.15) is 0 Å². The van der Waals surface area contributed by atoms with Crippen molar-refractivity contribution in [2.75, 3.05) is 19.1 Å². The first-order valence-electron chi connectivity index (χ1n) is 1.99. The van der Waals surface area contributed by atoms with Crippen LogP contribution >= 0.6 is 0 Å². The molecule has 1 radical (unpaired) electrons. The van der Waals surface area contributed by atoms with Crippen LogP contribution in [0.25, 0.3) is 0 Å². The van der Waals surface area contributed by atoms with E-state index in [2.05, 4.69) is 11.3 Å². The predicted octanol–water partition coefficient (Wildman–Crippen LogP) is 0.546. The van der Waals surface area contributed by atoms with Crippen LogP contribution in [0.4, 0.5) is 0 Å². The monoisotopic (exact) mass is 209 g/mol. The molecular formula is C4H10NOSY-. The zero-order chi connectivity index (χ0) is 5.91. The van der Waals surface area contributed by atoms with E-state index in [0.29, 0.717) is 5.75 Å². The van der Waals surface area contributed by atoms with Crippen molar-refractivity contribution in [1.29, 1.82) is 0 Å². The van der Waals surface area contributed by atoms with Crippen LogP contribution in [0, 0.1) is 6.92 Å². The van der Waals surface area contributed by atoms with Gasteiger partial charge in [-0.15, -0.1) is 0 Å². The Bertz CT molecular complexity index is 148. The SMILES string of the molecule is [CH2-]CS(C)(=O)=NC.[Y]. The molecule has 0 aliphatic heterocycles. The standard InChI is InChI=1S/C4H10NOS.Y/c1-4-7(3,6)5-2;/h1,4H2,2-3H3;/q-1;. The Morgan fingerprint density at radius 2 is 2.12 bits per heavy atom. The van der Waals surface area contributed by atoms with Gasteiger partial charge in [-0.2, -0.15) is 0 Å². The summed E-state index contributed by atoms with van der Waals surface area (Å²) >= 11 is 0. The molecule has 0 aromatic carbocycles. The molecule has 0 aliphatic rings. The second-order valence-electron chi connectivity index (χ2n) is 1.35. The minimum Gasteiger partial charge on any atom is -0.330 e. The molecular weight excluding hydrogens is 199 g/mol. The van der Waals surface area contributed by atoms with Gasteiger partial charge in [-0.25, -0.2) is 4.36 Å². The van der Waals surface area contributed by atoms with E-state index >= 15 is 0 Å². The predicted molar refractivity (Wildman–Crippen MR) is 32.6 cm³/mol. The summed E-state index contributed by atoms with van der Waals surface area (Å²) in [6, 6.07) is 0. The summed E-state index contributed by atoms with van der Waals surface area (Å²) in [6.45, 7) is 3.46. The van der Waals surface area contributed by atoms with Crippen LogP contribution in [-0.4, -0.2) is 23.3 Å². The van der Waals surface area contributed by atoms with E-state index in [1.807, 2.05) is 0 Å². The Kier molecular flexibility index (Phi) is 7.21. The largest absolute Gasteiger partial charge is 0.330 e. The van der Waals surface area contributed by atoms with Crippen molar-refractivity contribution in [3.63, 3.8) is 0 Å². The van der Waals surface area contributed by atoms with E-state index in [4.69, 9.17) is 0 Å².